The van der Waals surface area contributed by atoms with Crippen molar-refractivity contribution < 1.29 is 14.3 Å². The minimum Gasteiger partial charge on any atom is -0.466 e. The molecule has 2 rings (SSSR count). The van der Waals surface area contributed by atoms with Gasteiger partial charge in [0.2, 0.25) is 0 Å². The second-order valence-electron chi connectivity index (χ2n) is 3.89. The third-order valence-electron chi connectivity index (χ3n) is 2.60. The van der Waals surface area contributed by atoms with E-state index in [-0.39, 0.29) is 18.8 Å². The summed E-state index contributed by atoms with van der Waals surface area (Å²) in [6.07, 6.45) is 4.74. The molecule has 19 heavy (non-hydrogen) atoms. The van der Waals surface area contributed by atoms with Crippen LogP contribution in [0.1, 0.15) is 23.7 Å². The van der Waals surface area contributed by atoms with Crippen LogP contribution in [-0.4, -0.2) is 27.9 Å². The van der Waals surface area contributed by atoms with E-state index in [0.717, 1.165) is 0 Å². The average Bonchev–Trinajstić information content (AvgIpc) is 2.92. The van der Waals surface area contributed by atoms with Gasteiger partial charge in [0.1, 0.15) is 6.42 Å². The number of hydrogen-bond acceptors (Lipinski definition) is 4. The van der Waals surface area contributed by atoms with Crippen molar-refractivity contribution in [1.82, 2.24) is 9.55 Å². The second-order valence-corrected chi connectivity index (χ2v) is 3.89. The molecule has 1 aromatic heterocycles. The first-order chi connectivity index (χ1) is 9.22. The zero-order valence-electron chi connectivity index (χ0n) is 10.6. The maximum Gasteiger partial charge on any atom is 0.313 e. The number of rotatable bonds is 5. The van der Waals surface area contributed by atoms with Crippen molar-refractivity contribution in [3.8, 4) is 5.69 Å². The molecule has 0 fully saturated rings. The lowest BCUT2D eigenvalue weighted by Gasteiger charge is -2.08. The number of hydrogen-bond donors (Lipinski definition) is 0. The van der Waals surface area contributed by atoms with Crippen molar-refractivity contribution in [2.24, 2.45) is 0 Å². The van der Waals surface area contributed by atoms with E-state index in [9.17, 15) is 9.59 Å². The lowest BCUT2D eigenvalue weighted by atomic mass is 10.1. The SMILES string of the molecule is CCOC(=O)CC(=O)c1ccccc1-n1ccnc1. The molecular formula is C14H14N2O3. The molecule has 0 aliphatic carbocycles. The molecule has 0 saturated heterocycles. The second kappa shape index (κ2) is 5.95. The van der Waals surface area contributed by atoms with Crippen LogP contribution in [0, 0.1) is 0 Å². The van der Waals surface area contributed by atoms with Crippen LogP contribution >= 0.6 is 0 Å². The molecule has 2 aromatic rings. The Labute approximate surface area is 110 Å². The summed E-state index contributed by atoms with van der Waals surface area (Å²) in [5, 5.41) is 0. The summed E-state index contributed by atoms with van der Waals surface area (Å²) in [5.41, 5.74) is 1.18. The highest BCUT2D eigenvalue weighted by atomic mass is 16.5. The van der Waals surface area contributed by atoms with Crippen molar-refractivity contribution in [3.63, 3.8) is 0 Å². The number of para-hydroxylation sites is 1. The van der Waals surface area contributed by atoms with Gasteiger partial charge in [-0.25, -0.2) is 4.98 Å². The van der Waals surface area contributed by atoms with Gasteiger partial charge >= 0.3 is 5.97 Å². The number of carbonyl (C=O) groups excluding carboxylic acids is 2. The third kappa shape index (κ3) is 3.07. The molecule has 0 bridgehead atoms. The highest BCUT2D eigenvalue weighted by molar-refractivity contribution is 6.08. The molecule has 1 heterocycles. The molecule has 0 amide bonds. The molecule has 0 saturated carbocycles. The fourth-order valence-corrected chi connectivity index (χ4v) is 1.77. The number of carbonyl (C=O) groups is 2. The number of nitrogens with zero attached hydrogens (tertiary/aromatic N) is 2. The van der Waals surface area contributed by atoms with Crippen LogP contribution in [-0.2, 0) is 9.53 Å². The number of Topliss-reactive ketones (excluding diaryl/α,β-unsaturated/α-hetero) is 1. The number of esters is 1. The van der Waals surface area contributed by atoms with Gasteiger partial charge in [0, 0.05) is 18.0 Å². The molecule has 0 N–H and O–H groups in total. The summed E-state index contributed by atoms with van der Waals surface area (Å²) in [6, 6.07) is 7.09. The summed E-state index contributed by atoms with van der Waals surface area (Å²) >= 11 is 0. The van der Waals surface area contributed by atoms with Gasteiger partial charge in [0.05, 0.1) is 18.6 Å². The van der Waals surface area contributed by atoms with Crippen LogP contribution < -0.4 is 0 Å². The molecule has 5 heteroatoms. The number of ether oxygens (including phenoxy) is 1. The van der Waals surface area contributed by atoms with E-state index >= 15 is 0 Å². The fourth-order valence-electron chi connectivity index (χ4n) is 1.77. The normalized spacial score (nSPS) is 10.2. The first kappa shape index (κ1) is 13.0. The van der Waals surface area contributed by atoms with Crippen LogP contribution in [0.25, 0.3) is 5.69 Å². The molecular weight excluding hydrogens is 244 g/mol. The summed E-state index contributed by atoms with van der Waals surface area (Å²) in [6.45, 7) is 1.98. The summed E-state index contributed by atoms with van der Waals surface area (Å²) < 4.78 is 6.52. The molecule has 0 spiro atoms. The van der Waals surface area contributed by atoms with E-state index in [1.54, 1.807) is 48.4 Å². The minimum absolute atomic E-state index is 0.250. The number of ketones is 1. The Morgan fingerprint density at radius 1 is 1.32 bits per heavy atom. The van der Waals surface area contributed by atoms with Crippen molar-refractivity contribution in [2.45, 2.75) is 13.3 Å². The predicted molar refractivity (Wildman–Crippen MR) is 69.1 cm³/mol. The average molecular weight is 258 g/mol. The molecule has 98 valence electrons. The number of aromatic nitrogens is 2. The standard InChI is InChI=1S/C14H14N2O3/c1-2-19-14(18)9-13(17)11-5-3-4-6-12(11)16-8-7-15-10-16/h3-8,10H,2,9H2,1H3. The van der Waals surface area contributed by atoms with Crippen LogP contribution in [0.15, 0.2) is 43.0 Å². The van der Waals surface area contributed by atoms with Gasteiger partial charge in [0.25, 0.3) is 0 Å². The lowest BCUT2D eigenvalue weighted by Crippen LogP contribution is -2.13. The monoisotopic (exact) mass is 258 g/mol. The highest BCUT2D eigenvalue weighted by Crippen LogP contribution is 2.16. The predicted octanol–water partition coefficient (Wildman–Crippen LogP) is 2.01. The van der Waals surface area contributed by atoms with E-state index in [1.807, 2.05) is 6.07 Å². The molecule has 1 aromatic carbocycles. The summed E-state index contributed by atoms with van der Waals surface area (Å²) in [4.78, 5) is 27.4. The van der Waals surface area contributed by atoms with Crippen LogP contribution in [0.5, 0.6) is 0 Å². The van der Waals surface area contributed by atoms with E-state index in [0.29, 0.717) is 11.3 Å². The number of imidazole rings is 1. The van der Waals surface area contributed by atoms with E-state index in [1.165, 1.54) is 0 Å². The quantitative estimate of drug-likeness (QED) is 0.467. The molecule has 0 radical (unpaired) electrons. The Bertz CT molecular complexity index is 576. The molecule has 0 aliphatic heterocycles. The van der Waals surface area contributed by atoms with Gasteiger partial charge in [-0.1, -0.05) is 12.1 Å². The molecule has 0 unspecified atom stereocenters. The van der Waals surface area contributed by atoms with E-state index < -0.39 is 5.97 Å². The molecule has 0 atom stereocenters. The highest BCUT2D eigenvalue weighted by Gasteiger charge is 2.16. The third-order valence-corrected chi connectivity index (χ3v) is 2.60. The first-order valence-electron chi connectivity index (χ1n) is 5.98. The Kier molecular flexibility index (Phi) is 4.07. The zero-order chi connectivity index (χ0) is 13.7. The van der Waals surface area contributed by atoms with Gasteiger partial charge in [-0.05, 0) is 19.1 Å². The lowest BCUT2D eigenvalue weighted by molar-refractivity contribution is -0.141. The van der Waals surface area contributed by atoms with Gasteiger partial charge in [-0.15, -0.1) is 0 Å². The van der Waals surface area contributed by atoms with Gasteiger partial charge in [0.15, 0.2) is 5.78 Å². The zero-order valence-corrected chi connectivity index (χ0v) is 10.6. The topological polar surface area (TPSA) is 61.2 Å². The Morgan fingerprint density at radius 2 is 2.11 bits per heavy atom. The van der Waals surface area contributed by atoms with Crippen LogP contribution in [0.3, 0.4) is 0 Å². The smallest absolute Gasteiger partial charge is 0.313 e. The first-order valence-corrected chi connectivity index (χ1v) is 5.98. The molecule has 0 aliphatic rings. The summed E-state index contributed by atoms with van der Waals surface area (Å²) in [7, 11) is 0. The molecule has 5 nitrogen and oxygen atoms in total. The van der Waals surface area contributed by atoms with Gasteiger partial charge < -0.3 is 9.30 Å². The summed E-state index contributed by atoms with van der Waals surface area (Å²) in [5.74, 6) is -0.768. The van der Waals surface area contributed by atoms with E-state index in [4.69, 9.17) is 4.74 Å². The maximum atomic E-state index is 12.1. The maximum absolute atomic E-state index is 12.1. The van der Waals surface area contributed by atoms with Crippen LogP contribution in [0.2, 0.25) is 0 Å². The Morgan fingerprint density at radius 3 is 2.79 bits per heavy atom. The van der Waals surface area contributed by atoms with E-state index in [2.05, 4.69) is 4.98 Å². The fraction of sp³-hybridized carbons (Fsp3) is 0.214. The van der Waals surface area contributed by atoms with Crippen molar-refractivity contribution in [3.05, 3.63) is 48.5 Å². The van der Waals surface area contributed by atoms with Gasteiger partial charge in [-0.3, -0.25) is 9.59 Å². The number of benzene rings is 1. The Hall–Kier alpha value is -2.43. The van der Waals surface area contributed by atoms with Crippen molar-refractivity contribution in [1.29, 1.82) is 0 Å². The van der Waals surface area contributed by atoms with Crippen LogP contribution in [0.4, 0.5) is 0 Å². The Balaban J connectivity index is 2.25. The van der Waals surface area contributed by atoms with Gasteiger partial charge in [-0.2, -0.15) is 0 Å². The largest absolute Gasteiger partial charge is 0.466 e. The van der Waals surface area contributed by atoms with Crippen molar-refractivity contribution >= 4 is 11.8 Å². The van der Waals surface area contributed by atoms with Crippen molar-refractivity contribution in [2.75, 3.05) is 6.61 Å². The minimum atomic E-state index is -0.507.